The van der Waals surface area contributed by atoms with Crippen LogP contribution in [0.4, 0.5) is 0 Å². The van der Waals surface area contributed by atoms with E-state index in [1.54, 1.807) is 13.0 Å². The van der Waals surface area contributed by atoms with Gasteiger partial charge in [-0.3, -0.25) is 4.79 Å². The van der Waals surface area contributed by atoms with Crippen LogP contribution < -0.4 is 0 Å². The second-order valence-corrected chi connectivity index (χ2v) is 6.63. The molecule has 1 N–H and O–H groups in total. The molecular formula is C18H28NO3V-. The van der Waals surface area contributed by atoms with Crippen LogP contribution in [0.5, 0.6) is 0 Å². The van der Waals surface area contributed by atoms with Gasteiger partial charge >= 0.3 is 0 Å². The third kappa shape index (κ3) is 7.51. The van der Waals surface area contributed by atoms with Crippen molar-refractivity contribution in [3.8, 4) is 0 Å². The van der Waals surface area contributed by atoms with E-state index in [2.05, 4.69) is 6.92 Å². The van der Waals surface area contributed by atoms with Crippen molar-refractivity contribution in [2.45, 2.75) is 58.6 Å². The number of unbranched alkanes of at least 4 members (excludes halogenated alkanes) is 1. The van der Waals surface area contributed by atoms with Gasteiger partial charge < -0.3 is 21.7 Å². The van der Waals surface area contributed by atoms with Crippen LogP contribution in [0.15, 0.2) is 24.3 Å². The minimum absolute atomic E-state index is 0. The van der Waals surface area contributed by atoms with E-state index in [-0.39, 0.29) is 41.7 Å². The van der Waals surface area contributed by atoms with Crippen LogP contribution in [-0.2, 0) is 28.1 Å². The summed E-state index contributed by atoms with van der Waals surface area (Å²) in [7, 11) is 0. The van der Waals surface area contributed by atoms with Gasteiger partial charge in [-0.2, -0.15) is 0 Å². The molecule has 1 aliphatic rings. The third-order valence-corrected chi connectivity index (χ3v) is 3.88. The molecule has 1 amide bonds. The zero-order chi connectivity index (χ0) is 16.8. The molecule has 1 aliphatic heterocycles. The normalized spacial score (nSPS) is 21.9. The number of Topliss-reactive ketones (excluding diaryl/α,β-unsaturated/α-hetero) is 1. The summed E-state index contributed by atoms with van der Waals surface area (Å²) in [4.78, 5) is 25.1. The molecule has 5 heteroatoms. The first-order valence-electron chi connectivity index (χ1n) is 7.89. The minimum atomic E-state index is -0.747. The first-order chi connectivity index (χ1) is 10.2. The van der Waals surface area contributed by atoms with Crippen LogP contribution in [0.2, 0.25) is 0 Å². The Hall–Kier alpha value is -0.836. The summed E-state index contributed by atoms with van der Waals surface area (Å²) < 4.78 is 0. The number of nitrogens with zero attached hydrogens (tertiary/aromatic N) is 1. The molecule has 0 saturated carbocycles. The average Bonchev–Trinajstić information content (AvgIpc) is 2.62. The van der Waals surface area contributed by atoms with Gasteiger partial charge in [0.05, 0.1) is 6.04 Å². The standard InChI is InChI=1S/C18H28NO3.V/c1-14(20)9-7-5-6-8-12-19-16(11-10-15(2)21)13-18(3,4)17(19)22;/h6,8,10-11,15-16,21H,2,5,7,9,12-13H2,1,3-4H3;/q-1;/t15-,16+;/m1./s1. The number of likely N-dealkylation sites (tertiary alicyclic amines) is 1. The molecule has 129 valence electrons. The first-order valence-corrected chi connectivity index (χ1v) is 7.89. The van der Waals surface area contributed by atoms with Gasteiger partial charge in [-0.05, 0) is 26.2 Å². The molecule has 0 spiro atoms. The number of aliphatic hydroxyl groups excluding tert-OH is 1. The largest absolute Gasteiger partial charge is 0.421 e. The Morgan fingerprint density at radius 1 is 1.48 bits per heavy atom. The Balaban J connectivity index is 0.00000484. The number of aliphatic hydroxyl groups is 1. The van der Waals surface area contributed by atoms with Gasteiger partial charge in [-0.25, -0.2) is 0 Å². The van der Waals surface area contributed by atoms with Gasteiger partial charge in [0.2, 0.25) is 5.91 Å². The molecule has 0 aromatic carbocycles. The number of ketones is 1. The molecule has 0 aromatic heterocycles. The Labute approximate surface area is 151 Å². The van der Waals surface area contributed by atoms with E-state index in [0.29, 0.717) is 13.0 Å². The van der Waals surface area contributed by atoms with E-state index in [1.165, 1.54) is 0 Å². The fraction of sp³-hybridized carbons (Fsp3) is 0.611. The summed E-state index contributed by atoms with van der Waals surface area (Å²) in [6.07, 6.45) is 9.81. The fourth-order valence-corrected chi connectivity index (χ4v) is 2.68. The average molecular weight is 357 g/mol. The topological polar surface area (TPSA) is 57.6 Å². The maximum atomic E-state index is 12.4. The Kier molecular flexibility index (Phi) is 9.75. The predicted octanol–water partition coefficient (Wildman–Crippen LogP) is 2.68. The number of hydrogen-bond acceptors (Lipinski definition) is 3. The quantitative estimate of drug-likeness (QED) is 0.413. The van der Waals surface area contributed by atoms with Crippen molar-refractivity contribution in [2.24, 2.45) is 5.41 Å². The van der Waals surface area contributed by atoms with Gasteiger partial charge in [0.25, 0.3) is 0 Å². The zero-order valence-corrected chi connectivity index (χ0v) is 15.8. The van der Waals surface area contributed by atoms with E-state index in [9.17, 15) is 14.7 Å². The van der Waals surface area contributed by atoms with E-state index in [0.717, 1.165) is 19.3 Å². The number of hydrogen-bond donors (Lipinski definition) is 1. The van der Waals surface area contributed by atoms with Gasteiger partial charge in [-0.15, -0.1) is 0 Å². The fourth-order valence-electron chi connectivity index (χ4n) is 2.68. The molecule has 2 atom stereocenters. The predicted molar refractivity (Wildman–Crippen MR) is 88.1 cm³/mol. The molecule has 0 bridgehead atoms. The SMILES string of the molecule is [CH2-][C@@H](O)C=C[C@H]1CC(C)(C)C(=O)N1CC=CCCCC(C)=O.[V]. The van der Waals surface area contributed by atoms with Crippen LogP contribution in [0.25, 0.3) is 0 Å². The van der Waals surface area contributed by atoms with Crippen molar-refractivity contribution < 1.29 is 33.3 Å². The minimum Gasteiger partial charge on any atom is -0.421 e. The summed E-state index contributed by atoms with van der Waals surface area (Å²) in [6, 6.07) is 0.000713. The third-order valence-electron chi connectivity index (χ3n) is 3.88. The maximum absolute atomic E-state index is 12.4. The molecule has 23 heavy (non-hydrogen) atoms. The molecular weight excluding hydrogens is 329 g/mol. The second-order valence-electron chi connectivity index (χ2n) is 6.63. The number of carbonyl (C=O) groups excluding carboxylic acids is 2. The summed E-state index contributed by atoms with van der Waals surface area (Å²) >= 11 is 0. The maximum Gasteiger partial charge on any atom is 0.229 e. The zero-order valence-electron chi connectivity index (χ0n) is 14.4. The van der Waals surface area contributed by atoms with Gasteiger partial charge in [0.1, 0.15) is 5.78 Å². The van der Waals surface area contributed by atoms with Crippen molar-refractivity contribution in [3.05, 3.63) is 31.2 Å². The Morgan fingerprint density at radius 2 is 2.13 bits per heavy atom. The molecule has 1 radical (unpaired) electrons. The number of carbonyl (C=O) groups is 2. The molecule has 1 fully saturated rings. The van der Waals surface area contributed by atoms with Crippen molar-refractivity contribution >= 4 is 11.7 Å². The molecule has 1 rings (SSSR count). The number of allylic oxidation sites excluding steroid dienone is 1. The first kappa shape index (κ1) is 22.2. The van der Waals surface area contributed by atoms with Crippen LogP contribution in [-0.4, -0.2) is 40.4 Å². The van der Waals surface area contributed by atoms with Crippen LogP contribution in [0.1, 0.15) is 46.5 Å². The Bertz CT molecular complexity index is 455. The van der Waals surface area contributed by atoms with Crippen LogP contribution in [0, 0.1) is 12.3 Å². The number of amides is 1. The summed E-state index contributed by atoms with van der Waals surface area (Å²) in [5.74, 6) is 0.343. The molecule has 4 nitrogen and oxygen atoms in total. The van der Waals surface area contributed by atoms with Crippen molar-refractivity contribution in [1.29, 1.82) is 0 Å². The smallest absolute Gasteiger partial charge is 0.229 e. The van der Waals surface area contributed by atoms with Gasteiger partial charge in [0, 0.05) is 36.9 Å². The van der Waals surface area contributed by atoms with Crippen molar-refractivity contribution in [2.75, 3.05) is 6.54 Å². The summed E-state index contributed by atoms with van der Waals surface area (Å²) in [5, 5.41) is 9.27. The van der Waals surface area contributed by atoms with Crippen LogP contribution in [0.3, 0.4) is 0 Å². The van der Waals surface area contributed by atoms with E-state index >= 15 is 0 Å². The summed E-state index contributed by atoms with van der Waals surface area (Å²) in [5.41, 5.74) is -0.371. The summed E-state index contributed by atoms with van der Waals surface area (Å²) in [6.45, 7) is 9.58. The molecule has 1 saturated heterocycles. The van der Waals surface area contributed by atoms with Crippen molar-refractivity contribution in [3.63, 3.8) is 0 Å². The van der Waals surface area contributed by atoms with Gasteiger partial charge in [-0.1, -0.05) is 44.3 Å². The molecule has 0 aromatic rings. The molecule has 0 aliphatic carbocycles. The Morgan fingerprint density at radius 3 is 2.70 bits per heavy atom. The second kappa shape index (κ2) is 10.1. The van der Waals surface area contributed by atoms with Gasteiger partial charge in [0.15, 0.2) is 0 Å². The number of rotatable bonds is 8. The monoisotopic (exact) mass is 357 g/mol. The van der Waals surface area contributed by atoms with E-state index < -0.39 is 6.10 Å². The van der Waals surface area contributed by atoms with E-state index in [4.69, 9.17) is 0 Å². The molecule has 0 unspecified atom stereocenters. The van der Waals surface area contributed by atoms with Crippen molar-refractivity contribution in [1.82, 2.24) is 4.90 Å². The van der Waals surface area contributed by atoms with Crippen LogP contribution >= 0.6 is 0 Å². The van der Waals surface area contributed by atoms with E-state index in [1.807, 2.05) is 37.0 Å². The molecule has 1 heterocycles.